The maximum atomic E-state index is 6.10. The fraction of sp³-hybridized carbons (Fsp3) is 0.409. The smallest absolute Gasteiger partial charge is 0.213 e. The zero-order chi connectivity index (χ0) is 18.9. The molecule has 2 heterocycles. The molecule has 5 nitrogen and oxygen atoms in total. The van der Waals surface area contributed by atoms with E-state index >= 15 is 0 Å². The lowest BCUT2D eigenvalue weighted by Crippen LogP contribution is -2.25. The van der Waals surface area contributed by atoms with Crippen LogP contribution in [0.4, 0.5) is 0 Å². The Balaban J connectivity index is 1.35. The van der Waals surface area contributed by atoms with Gasteiger partial charge in [0, 0.05) is 34.8 Å². The molecule has 2 saturated carbocycles. The third-order valence-electron chi connectivity index (χ3n) is 5.70. The number of halogens is 1. The highest BCUT2D eigenvalue weighted by Gasteiger charge is 2.34. The van der Waals surface area contributed by atoms with Gasteiger partial charge in [-0.3, -0.25) is 4.57 Å². The van der Waals surface area contributed by atoms with Gasteiger partial charge in [0.15, 0.2) is 0 Å². The summed E-state index contributed by atoms with van der Waals surface area (Å²) in [6.07, 6.45) is 8.52. The predicted molar refractivity (Wildman–Crippen MR) is 108 cm³/mol. The van der Waals surface area contributed by atoms with Crippen molar-refractivity contribution >= 4 is 11.6 Å². The van der Waals surface area contributed by atoms with Gasteiger partial charge in [0.05, 0.1) is 0 Å². The Hall–Kier alpha value is -2.40. The van der Waals surface area contributed by atoms with E-state index in [2.05, 4.69) is 31.9 Å². The first-order chi connectivity index (χ1) is 13.8. The zero-order valence-electron chi connectivity index (χ0n) is 15.7. The molecule has 2 aliphatic rings. The van der Waals surface area contributed by atoms with Crippen LogP contribution in [0.3, 0.4) is 0 Å². The van der Waals surface area contributed by atoms with Gasteiger partial charge in [-0.05, 0) is 68.9 Å². The molecule has 28 heavy (non-hydrogen) atoms. The summed E-state index contributed by atoms with van der Waals surface area (Å²) in [6.45, 7) is 0. The van der Waals surface area contributed by atoms with E-state index in [1.54, 1.807) is 6.20 Å². The van der Waals surface area contributed by atoms with Gasteiger partial charge in [0.2, 0.25) is 5.88 Å². The number of benzene rings is 1. The first kappa shape index (κ1) is 17.7. The van der Waals surface area contributed by atoms with Crippen LogP contribution >= 0.6 is 11.6 Å². The van der Waals surface area contributed by atoms with Crippen molar-refractivity contribution in [2.45, 2.75) is 56.5 Å². The molecule has 2 fully saturated rings. The minimum Gasteiger partial charge on any atom is -0.474 e. The summed E-state index contributed by atoms with van der Waals surface area (Å²) in [5, 5.41) is 9.96. The molecule has 0 spiro atoms. The first-order valence-electron chi connectivity index (χ1n) is 10.1. The lowest BCUT2D eigenvalue weighted by atomic mass is 9.86. The van der Waals surface area contributed by atoms with Crippen molar-refractivity contribution in [1.82, 2.24) is 19.7 Å². The molecule has 0 radical (unpaired) electrons. The van der Waals surface area contributed by atoms with Crippen molar-refractivity contribution in [2.24, 2.45) is 0 Å². The Morgan fingerprint density at radius 2 is 1.46 bits per heavy atom. The van der Waals surface area contributed by atoms with E-state index in [1.807, 2.05) is 30.3 Å². The lowest BCUT2D eigenvalue weighted by Gasteiger charge is -2.28. The van der Waals surface area contributed by atoms with Gasteiger partial charge in [-0.1, -0.05) is 17.7 Å². The molecule has 2 aliphatic carbocycles. The molecule has 3 aromatic rings. The second-order valence-corrected chi connectivity index (χ2v) is 8.20. The van der Waals surface area contributed by atoms with Gasteiger partial charge in [-0.25, -0.2) is 4.98 Å². The molecule has 0 bridgehead atoms. The van der Waals surface area contributed by atoms with E-state index in [9.17, 15) is 0 Å². The van der Waals surface area contributed by atoms with Gasteiger partial charge in [-0.2, -0.15) is 0 Å². The summed E-state index contributed by atoms with van der Waals surface area (Å²) in [6, 6.07) is 13.8. The second-order valence-electron chi connectivity index (χ2n) is 7.76. The molecule has 2 aromatic heterocycles. The monoisotopic (exact) mass is 394 g/mol. The van der Waals surface area contributed by atoms with E-state index < -0.39 is 0 Å². The molecule has 6 heteroatoms. The summed E-state index contributed by atoms with van der Waals surface area (Å²) >= 11 is 6.10. The van der Waals surface area contributed by atoms with Crippen LogP contribution in [0.5, 0.6) is 5.88 Å². The number of hydrogen-bond acceptors (Lipinski definition) is 4. The molecule has 0 saturated heterocycles. The zero-order valence-corrected chi connectivity index (χ0v) is 16.4. The largest absolute Gasteiger partial charge is 0.474 e. The predicted octanol–water partition coefficient (Wildman–Crippen LogP) is 5.30. The number of hydrogen-bond donors (Lipinski definition) is 0. The molecule has 0 atom stereocenters. The Kier molecular flexibility index (Phi) is 4.77. The fourth-order valence-electron chi connectivity index (χ4n) is 4.06. The lowest BCUT2D eigenvalue weighted by molar-refractivity contribution is 0.139. The summed E-state index contributed by atoms with van der Waals surface area (Å²) in [5.74, 6) is 3.84. The second kappa shape index (κ2) is 7.55. The number of nitrogens with zero attached hydrogens (tertiary/aromatic N) is 4. The van der Waals surface area contributed by atoms with Crippen LogP contribution in [0.15, 0.2) is 48.7 Å². The summed E-state index contributed by atoms with van der Waals surface area (Å²) in [7, 11) is 0. The fourth-order valence-corrected chi connectivity index (χ4v) is 4.19. The van der Waals surface area contributed by atoms with Gasteiger partial charge >= 0.3 is 0 Å². The highest BCUT2D eigenvalue weighted by molar-refractivity contribution is 6.30. The Bertz CT molecular complexity index is 929. The normalized spacial score (nSPS) is 22.2. The van der Waals surface area contributed by atoms with E-state index in [1.165, 1.54) is 12.8 Å². The minimum atomic E-state index is 0.223. The molecule has 0 amide bonds. The maximum absolute atomic E-state index is 6.10. The van der Waals surface area contributed by atoms with Crippen LogP contribution in [0.2, 0.25) is 5.02 Å². The quantitative estimate of drug-likeness (QED) is 0.589. The van der Waals surface area contributed by atoms with Crippen molar-refractivity contribution in [2.75, 3.05) is 0 Å². The van der Waals surface area contributed by atoms with Crippen molar-refractivity contribution in [1.29, 1.82) is 0 Å². The van der Waals surface area contributed by atoms with Gasteiger partial charge in [-0.15, -0.1) is 10.2 Å². The SMILES string of the molecule is Clc1ccc(-n2c(C3CC3)nnc2[C@H]2CC[C@H](Oc3ccccn3)CC2)cc1. The minimum absolute atomic E-state index is 0.223. The first-order valence-corrected chi connectivity index (χ1v) is 10.4. The summed E-state index contributed by atoms with van der Waals surface area (Å²) in [5.41, 5.74) is 1.11. The molecular formula is C22H23ClN4O. The Labute approximate surface area is 169 Å². The number of pyridine rings is 1. The molecule has 144 valence electrons. The van der Waals surface area contributed by atoms with Crippen LogP contribution in [-0.2, 0) is 0 Å². The van der Waals surface area contributed by atoms with Crippen LogP contribution in [0.25, 0.3) is 5.69 Å². The Morgan fingerprint density at radius 1 is 0.821 bits per heavy atom. The highest BCUT2D eigenvalue weighted by atomic mass is 35.5. The number of rotatable bonds is 5. The van der Waals surface area contributed by atoms with Gasteiger partial charge < -0.3 is 4.74 Å². The Morgan fingerprint density at radius 3 is 2.04 bits per heavy atom. The molecule has 1 aromatic carbocycles. The topological polar surface area (TPSA) is 52.8 Å². The molecular weight excluding hydrogens is 372 g/mol. The maximum Gasteiger partial charge on any atom is 0.213 e. The highest BCUT2D eigenvalue weighted by Crippen LogP contribution is 2.42. The average Bonchev–Trinajstić information content (AvgIpc) is 3.49. The van der Waals surface area contributed by atoms with Crippen LogP contribution in [0, 0.1) is 0 Å². The molecule has 0 unspecified atom stereocenters. The standard InChI is InChI=1S/C22H23ClN4O/c23-17-8-10-18(11-9-17)27-21(15-4-5-15)25-26-22(27)16-6-12-19(13-7-16)28-20-3-1-2-14-24-20/h1-3,8-11,14-16,19H,4-7,12-13H2/t16-,19-. The van der Waals surface area contributed by atoms with Gasteiger partial charge in [0.1, 0.15) is 17.8 Å². The van der Waals surface area contributed by atoms with E-state index in [-0.39, 0.29) is 6.10 Å². The third kappa shape index (κ3) is 3.63. The average molecular weight is 395 g/mol. The molecule has 0 aliphatic heterocycles. The van der Waals surface area contributed by atoms with E-state index in [0.29, 0.717) is 17.7 Å². The van der Waals surface area contributed by atoms with E-state index in [0.717, 1.165) is 48.0 Å². The third-order valence-corrected chi connectivity index (χ3v) is 5.96. The van der Waals surface area contributed by atoms with Crippen LogP contribution in [-0.4, -0.2) is 25.9 Å². The van der Waals surface area contributed by atoms with Crippen molar-refractivity contribution in [3.63, 3.8) is 0 Å². The van der Waals surface area contributed by atoms with Crippen molar-refractivity contribution in [3.05, 3.63) is 65.3 Å². The number of ether oxygens (including phenoxy) is 1. The molecule has 5 rings (SSSR count). The summed E-state index contributed by atoms with van der Waals surface area (Å²) in [4.78, 5) is 4.28. The molecule has 0 N–H and O–H groups in total. The van der Waals surface area contributed by atoms with E-state index in [4.69, 9.17) is 16.3 Å². The summed E-state index contributed by atoms with van der Waals surface area (Å²) < 4.78 is 8.33. The van der Waals surface area contributed by atoms with Crippen LogP contribution < -0.4 is 4.74 Å². The van der Waals surface area contributed by atoms with Crippen molar-refractivity contribution < 1.29 is 4.74 Å². The number of aromatic nitrogens is 4. The van der Waals surface area contributed by atoms with Crippen LogP contribution in [0.1, 0.15) is 62.0 Å². The van der Waals surface area contributed by atoms with Gasteiger partial charge in [0.25, 0.3) is 0 Å². The van der Waals surface area contributed by atoms with Crippen molar-refractivity contribution in [3.8, 4) is 11.6 Å².